The summed E-state index contributed by atoms with van der Waals surface area (Å²) < 4.78 is 26.3. The van der Waals surface area contributed by atoms with Crippen molar-refractivity contribution in [3.63, 3.8) is 0 Å². The third kappa shape index (κ3) is 6.36. The van der Waals surface area contributed by atoms with E-state index in [1.54, 1.807) is 24.3 Å². The van der Waals surface area contributed by atoms with Gasteiger partial charge in [0.2, 0.25) is 5.91 Å². The molecule has 0 bridgehead atoms. The number of carboxylic acids is 1. The number of aliphatic carboxylic acids is 1. The van der Waals surface area contributed by atoms with Gasteiger partial charge in [-0.25, -0.2) is 9.07 Å². The summed E-state index contributed by atoms with van der Waals surface area (Å²) >= 11 is 0. The molecular weight excluding hydrogens is 507 g/mol. The molecule has 2 aromatic carbocycles. The summed E-state index contributed by atoms with van der Waals surface area (Å²) in [5.74, 6) is -1.96. The van der Waals surface area contributed by atoms with E-state index in [1.165, 1.54) is 43.2 Å². The Morgan fingerprint density at radius 2 is 1.69 bits per heavy atom. The minimum absolute atomic E-state index is 0.00845. The molecule has 0 unspecified atom stereocenters. The molecule has 1 aliphatic carbocycles. The van der Waals surface area contributed by atoms with Gasteiger partial charge < -0.3 is 25.2 Å². The summed E-state index contributed by atoms with van der Waals surface area (Å²) in [5.41, 5.74) is 1.47. The van der Waals surface area contributed by atoms with E-state index in [0.29, 0.717) is 28.4 Å². The maximum atomic E-state index is 13.7. The summed E-state index contributed by atoms with van der Waals surface area (Å²) in [6, 6.07) is 11.5. The smallest absolute Gasteiger partial charge is 0.322 e. The first kappa shape index (κ1) is 27.6. The summed E-state index contributed by atoms with van der Waals surface area (Å²) in [6.45, 7) is -0.547. The maximum absolute atomic E-state index is 13.7. The summed E-state index contributed by atoms with van der Waals surface area (Å²) in [5, 5.41) is 18.7. The minimum atomic E-state index is -1.18. The summed E-state index contributed by atoms with van der Waals surface area (Å²) in [6.07, 6.45) is 4.35. The highest BCUT2D eigenvalue weighted by molar-refractivity contribution is 5.98. The number of nitrogens with zero attached hydrogens (tertiary/aromatic N) is 2. The Balaban J connectivity index is 1.74. The van der Waals surface area contributed by atoms with E-state index in [1.807, 2.05) is 0 Å². The minimum Gasteiger partial charge on any atom is -0.496 e. The first-order valence-electron chi connectivity index (χ1n) is 12.7. The number of hydrogen-bond donors (Lipinski definition) is 3. The number of hydrogen-bond acceptors (Lipinski definition) is 6. The van der Waals surface area contributed by atoms with Gasteiger partial charge in [0.25, 0.3) is 5.91 Å². The van der Waals surface area contributed by atoms with E-state index in [0.717, 1.165) is 32.1 Å². The van der Waals surface area contributed by atoms with Crippen LogP contribution in [0.1, 0.15) is 42.6 Å². The van der Waals surface area contributed by atoms with Crippen molar-refractivity contribution in [3.05, 3.63) is 60.0 Å². The number of methoxy groups -OCH3 is 2. The second-order valence-corrected chi connectivity index (χ2v) is 9.30. The van der Waals surface area contributed by atoms with Gasteiger partial charge in [0.15, 0.2) is 5.69 Å². The van der Waals surface area contributed by atoms with Crippen molar-refractivity contribution in [2.75, 3.05) is 20.8 Å². The molecule has 206 valence electrons. The zero-order valence-corrected chi connectivity index (χ0v) is 21.8. The van der Waals surface area contributed by atoms with Crippen LogP contribution in [0.2, 0.25) is 0 Å². The molecule has 10 nitrogen and oxygen atoms in total. The fourth-order valence-electron chi connectivity index (χ4n) is 4.91. The predicted octanol–water partition coefficient (Wildman–Crippen LogP) is 3.58. The molecule has 1 aromatic heterocycles. The molecule has 0 radical (unpaired) electrons. The van der Waals surface area contributed by atoms with Crippen LogP contribution < -0.4 is 20.1 Å². The largest absolute Gasteiger partial charge is 0.496 e. The van der Waals surface area contributed by atoms with Crippen LogP contribution in [0.4, 0.5) is 4.39 Å². The van der Waals surface area contributed by atoms with Gasteiger partial charge >= 0.3 is 5.97 Å². The molecule has 0 spiro atoms. The SMILES string of the molecule is COc1cccc(OC)c1-c1cc(C(=O)N[C@H](C(=O)NCC(=O)O)C2CCCCC2)nn1-c1ccc(F)cc1. The van der Waals surface area contributed by atoms with Crippen LogP contribution >= 0.6 is 0 Å². The highest BCUT2D eigenvalue weighted by atomic mass is 19.1. The summed E-state index contributed by atoms with van der Waals surface area (Å²) in [4.78, 5) is 37.5. The number of carboxylic acid groups (broad SMARTS) is 1. The number of amides is 2. The van der Waals surface area contributed by atoms with Crippen LogP contribution in [0.5, 0.6) is 11.5 Å². The second kappa shape index (κ2) is 12.4. The molecule has 39 heavy (non-hydrogen) atoms. The molecule has 0 aliphatic heterocycles. The van der Waals surface area contributed by atoms with Crippen molar-refractivity contribution < 1.29 is 33.4 Å². The quantitative estimate of drug-likeness (QED) is 0.360. The van der Waals surface area contributed by atoms with Gasteiger partial charge in [0, 0.05) is 0 Å². The van der Waals surface area contributed by atoms with Crippen LogP contribution in [-0.2, 0) is 9.59 Å². The molecule has 11 heteroatoms. The van der Waals surface area contributed by atoms with Crippen molar-refractivity contribution in [3.8, 4) is 28.4 Å². The van der Waals surface area contributed by atoms with E-state index in [4.69, 9.17) is 14.6 Å². The molecule has 3 aromatic rings. The van der Waals surface area contributed by atoms with Crippen LogP contribution in [0, 0.1) is 11.7 Å². The normalized spacial score (nSPS) is 14.3. The van der Waals surface area contributed by atoms with Crippen LogP contribution in [-0.4, -0.2) is 59.5 Å². The average molecular weight is 539 g/mol. The number of carbonyl (C=O) groups is 3. The molecule has 1 fully saturated rings. The Hall–Kier alpha value is -4.41. The van der Waals surface area contributed by atoms with Crippen LogP contribution in [0.15, 0.2) is 48.5 Å². The number of rotatable bonds is 10. The average Bonchev–Trinajstić information content (AvgIpc) is 3.40. The second-order valence-electron chi connectivity index (χ2n) is 9.30. The lowest BCUT2D eigenvalue weighted by atomic mass is 9.83. The van der Waals surface area contributed by atoms with Crippen molar-refractivity contribution in [1.29, 1.82) is 0 Å². The molecule has 1 atom stereocenters. The topological polar surface area (TPSA) is 132 Å². The number of carbonyl (C=O) groups excluding carboxylic acids is 2. The van der Waals surface area contributed by atoms with Crippen LogP contribution in [0.3, 0.4) is 0 Å². The molecule has 3 N–H and O–H groups in total. The zero-order valence-electron chi connectivity index (χ0n) is 21.8. The third-order valence-electron chi connectivity index (χ3n) is 6.80. The number of nitrogens with one attached hydrogen (secondary N) is 2. The predicted molar refractivity (Wildman–Crippen MR) is 141 cm³/mol. The molecular formula is C28H31FN4O6. The Morgan fingerprint density at radius 1 is 1.05 bits per heavy atom. The molecule has 2 amide bonds. The lowest BCUT2D eigenvalue weighted by Crippen LogP contribution is -2.52. The monoisotopic (exact) mass is 538 g/mol. The highest BCUT2D eigenvalue weighted by Gasteiger charge is 2.32. The van der Waals surface area contributed by atoms with Gasteiger partial charge in [-0.2, -0.15) is 5.10 Å². The van der Waals surface area contributed by atoms with Gasteiger partial charge in [-0.1, -0.05) is 25.3 Å². The highest BCUT2D eigenvalue weighted by Crippen LogP contribution is 2.39. The van der Waals surface area contributed by atoms with Crippen molar-refractivity contribution >= 4 is 17.8 Å². The summed E-state index contributed by atoms with van der Waals surface area (Å²) in [7, 11) is 3.02. The van der Waals surface area contributed by atoms with E-state index in [-0.39, 0.29) is 11.6 Å². The Morgan fingerprint density at radius 3 is 2.28 bits per heavy atom. The molecule has 4 rings (SSSR count). The lowest BCUT2D eigenvalue weighted by Gasteiger charge is -2.29. The molecule has 1 aliphatic rings. The third-order valence-corrected chi connectivity index (χ3v) is 6.80. The first-order valence-corrected chi connectivity index (χ1v) is 12.7. The van der Waals surface area contributed by atoms with Crippen molar-refractivity contribution in [2.45, 2.75) is 38.1 Å². The Bertz CT molecular complexity index is 1310. The Kier molecular flexibility index (Phi) is 8.80. The van der Waals surface area contributed by atoms with Gasteiger partial charge in [0.05, 0.1) is 31.2 Å². The zero-order chi connectivity index (χ0) is 27.9. The van der Waals surface area contributed by atoms with Crippen molar-refractivity contribution in [2.24, 2.45) is 5.92 Å². The van der Waals surface area contributed by atoms with Crippen LogP contribution in [0.25, 0.3) is 16.9 Å². The number of aromatic nitrogens is 2. The fraction of sp³-hybridized carbons (Fsp3) is 0.357. The number of benzene rings is 2. The van der Waals surface area contributed by atoms with Gasteiger partial charge in [-0.3, -0.25) is 14.4 Å². The lowest BCUT2D eigenvalue weighted by molar-refractivity contribution is -0.138. The molecule has 1 heterocycles. The standard InChI is InChI=1S/C28H31FN4O6/c1-38-22-9-6-10-23(39-2)25(22)21-15-20(32-33(21)19-13-11-18(29)12-14-19)27(36)31-26(17-7-4-3-5-8-17)28(37)30-16-24(34)35/h6,9-15,17,26H,3-5,7-8,16H2,1-2H3,(H,30,37)(H,31,36)(H,34,35)/t26-/m0/s1. The van der Waals surface area contributed by atoms with E-state index >= 15 is 0 Å². The Labute approximate surface area is 225 Å². The van der Waals surface area contributed by atoms with Crippen molar-refractivity contribution in [1.82, 2.24) is 20.4 Å². The first-order chi connectivity index (χ1) is 18.8. The van der Waals surface area contributed by atoms with E-state index in [2.05, 4.69) is 15.7 Å². The number of ether oxygens (including phenoxy) is 2. The van der Waals surface area contributed by atoms with E-state index in [9.17, 15) is 18.8 Å². The molecule has 1 saturated carbocycles. The molecule has 0 saturated heterocycles. The van der Waals surface area contributed by atoms with Gasteiger partial charge in [-0.05, 0) is 61.2 Å². The number of halogens is 1. The maximum Gasteiger partial charge on any atom is 0.322 e. The van der Waals surface area contributed by atoms with E-state index < -0.39 is 36.2 Å². The van der Waals surface area contributed by atoms with Gasteiger partial charge in [-0.15, -0.1) is 0 Å². The fourth-order valence-corrected chi connectivity index (χ4v) is 4.91. The van der Waals surface area contributed by atoms with Gasteiger partial charge in [0.1, 0.15) is 29.9 Å².